The quantitative estimate of drug-likeness (QED) is 0.871. The molecule has 1 aliphatic heterocycles. The number of sulfonamides is 1. The van der Waals surface area contributed by atoms with E-state index in [0.29, 0.717) is 0 Å². The summed E-state index contributed by atoms with van der Waals surface area (Å²) in [6.45, 7) is 0. The Labute approximate surface area is 137 Å². The highest BCUT2D eigenvalue weighted by Crippen LogP contribution is 2.36. The molecular formula is C15H14BrNO2S2. The van der Waals surface area contributed by atoms with Gasteiger partial charge >= 0.3 is 0 Å². The van der Waals surface area contributed by atoms with Crippen molar-refractivity contribution in [2.75, 3.05) is 5.75 Å². The molecule has 0 bridgehead atoms. The molecule has 1 aliphatic rings. The van der Waals surface area contributed by atoms with Crippen molar-refractivity contribution in [1.29, 1.82) is 0 Å². The van der Waals surface area contributed by atoms with Gasteiger partial charge in [0, 0.05) is 15.4 Å². The summed E-state index contributed by atoms with van der Waals surface area (Å²) < 4.78 is 28.6. The van der Waals surface area contributed by atoms with E-state index < -0.39 is 10.0 Å². The molecule has 0 aliphatic carbocycles. The first kappa shape index (κ1) is 15.1. The molecule has 0 radical (unpaired) electrons. The molecule has 21 heavy (non-hydrogen) atoms. The zero-order chi connectivity index (χ0) is 14.9. The molecule has 110 valence electrons. The maximum absolute atomic E-state index is 12.5. The lowest BCUT2D eigenvalue weighted by atomic mass is 10.1. The summed E-state index contributed by atoms with van der Waals surface area (Å²) in [6, 6.07) is 14.6. The summed E-state index contributed by atoms with van der Waals surface area (Å²) in [5, 5.41) is 0. The second kappa shape index (κ2) is 6.12. The van der Waals surface area contributed by atoms with E-state index in [0.717, 1.165) is 27.1 Å². The van der Waals surface area contributed by atoms with E-state index in [1.54, 1.807) is 30.0 Å². The average Bonchev–Trinajstić information content (AvgIpc) is 2.47. The second-order valence-electron chi connectivity index (χ2n) is 4.81. The van der Waals surface area contributed by atoms with Gasteiger partial charge < -0.3 is 0 Å². The number of nitrogens with one attached hydrogen (secondary N) is 1. The number of benzene rings is 2. The molecule has 0 fully saturated rings. The summed E-state index contributed by atoms with van der Waals surface area (Å²) in [4.78, 5) is 1.44. The Kier molecular flexibility index (Phi) is 4.40. The van der Waals surface area contributed by atoms with Gasteiger partial charge in [-0.05, 0) is 42.0 Å². The lowest BCUT2D eigenvalue weighted by molar-refractivity contribution is 0.546. The van der Waals surface area contributed by atoms with Crippen LogP contribution in [0, 0.1) is 0 Å². The number of halogens is 1. The van der Waals surface area contributed by atoms with E-state index in [1.165, 1.54) is 0 Å². The van der Waals surface area contributed by atoms with Gasteiger partial charge in [0.05, 0.1) is 4.90 Å². The van der Waals surface area contributed by atoms with E-state index >= 15 is 0 Å². The number of rotatable bonds is 3. The van der Waals surface area contributed by atoms with E-state index in [9.17, 15) is 8.42 Å². The van der Waals surface area contributed by atoms with Gasteiger partial charge in [-0.1, -0.05) is 40.2 Å². The lowest BCUT2D eigenvalue weighted by Gasteiger charge is -2.25. The average molecular weight is 384 g/mol. The zero-order valence-corrected chi connectivity index (χ0v) is 14.3. The third kappa shape index (κ3) is 3.34. The molecule has 0 unspecified atom stereocenters. The van der Waals surface area contributed by atoms with Crippen LogP contribution >= 0.6 is 27.7 Å². The van der Waals surface area contributed by atoms with E-state index in [4.69, 9.17) is 0 Å². The smallest absolute Gasteiger partial charge is 0.207 e. The molecule has 0 aromatic heterocycles. The summed E-state index contributed by atoms with van der Waals surface area (Å²) in [7, 11) is -3.51. The standard InChI is InChI=1S/C15H14BrNO2S2/c16-11-4-3-5-12(10-11)21(18,19)17-14-8-9-20-15-7-2-1-6-13(14)15/h1-7,10,14,17H,8-9H2/t14-/m0/s1. The Morgan fingerprint density at radius 2 is 1.95 bits per heavy atom. The van der Waals surface area contributed by atoms with Gasteiger partial charge in [0.25, 0.3) is 0 Å². The molecule has 0 saturated carbocycles. The molecule has 2 aromatic rings. The van der Waals surface area contributed by atoms with Crippen molar-refractivity contribution in [3.05, 3.63) is 58.6 Å². The fraction of sp³-hybridized carbons (Fsp3) is 0.200. The normalized spacial score (nSPS) is 18.2. The van der Waals surface area contributed by atoms with Crippen molar-refractivity contribution in [2.45, 2.75) is 22.3 Å². The number of fused-ring (bicyclic) bond motifs is 1. The molecule has 0 amide bonds. The molecule has 1 atom stereocenters. The highest BCUT2D eigenvalue weighted by Gasteiger charge is 2.25. The predicted molar refractivity (Wildman–Crippen MR) is 89.0 cm³/mol. The van der Waals surface area contributed by atoms with Gasteiger partial charge in [-0.3, -0.25) is 0 Å². The van der Waals surface area contributed by atoms with Crippen molar-refractivity contribution in [3.63, 3.8) is 0 Å². The molecular weight excluding hydrogens is 370 g/mol. The summed E-state index contributed by atoms with van der Waals surface area (Å²) in [5.74, 6) is 0.919. The zero-order valence-electron chi connectivity index (χ0n) is 11.1. The molecule has 6 heteroatoms. The summed E-state index contributed by atoms with van der Waals surface area (Å²) in [5.41, 5.74) is 1.06. The minimum Gasteiger partial charge on any atom is -0.207 e. The monoisotopic (exact) mass is 383 g/mol. The van der Waals surface area contributed by atoms with Crippen LogP contribution in [-0.2, 0) is 10.0 Å². The van der Waals surface area contributed by atoms with E-state index in [-0.39, 0.29) is 10.9 Å². The van der Waals surface area contributed by atoms with Crippen molar-refractivity contribution in [3.8, 4) is 0 Å². The topological polar surface area (TPSA) is 46.2 Å². The second-order valence-corrected chi connectivity index (χ2v) is 8.57. The minimum atomic E-state index is -3.51. The molecule has 0 saturated heterocycles. The van der Waals surface area contributed by atoms with Gasteiger partial charge in [-0.15, -0.1) is 11.8 Å². The molecule has 3 rings (SSSR count). The van der Waals surface area contributed by atoms with Crippen molar-refractivity contribution in [2.24, 2.45) is 0 Å². The van der Waals surface area contributed by atoms with Gasteiger partial charge in [-0.2, -0.15) is 0 Å². The van der Waals surface area contributed by atoms with Crippen LogP contribution in [-0.4, -0.2) is 14.2 Å². The maximum Gasteiger partial charge on any atom is 0.241 e. The Balaban J connectivity index is 1.90. The molecule has 0 spiro atoms. The fourth-order valence-corrected chi connectivity index (χ4v) is 5.33. The van der Waals surface area contributed by atoms with Crippen LogP contribution in [0.25, 0.3) is 0 Å². The van der Waals surface area contributed by atoms with Crippen LogP contribution < -0.4 is 4.72 Å². The Bertz CT molecular complexity index is 762. The van der Waals surface area contributed by atoms with E-state index in [2.05, 4.69) is 20.7 Å². The van der Waals surface area contributed by atoms with Crippen molar-refractivity contribution >= 4 is 37.7 Å². The Hall–Kier alpha value is -0.820. The van der Waals surface area contributed by atoms with Crippen molar-refractivity contribution in [1.82, 2.24) is 4.72 Å². The van der Waals surface area contributed by atoms with E-state index in [1.807, 2.05) is 30.3 Å². The third-order valence-electron chi connectivity index (χ3n) is 3.36. The first-order chi connectivity index (χ1) is 10.1. The number of hydrogen-bond acceptors (Lipinski definition) is 3. The Morgan fingerprint density at radius 3 is 2.76 bits per heavy atom. The number of hydrogen-bond donors (Lipinski definition) is 1. The van der Waals surface area contributed by atoms with Crippen LogP contribution in [0.5, 0.6) is 0 Å². The van der Waals surface area contributed by atoms with Crippen LogP contribution in [0.4, 0.5) is 0 Å². The third-order valence-corrected chi connectivity index (χ3v) is 6.45. The highest BCUT2D eigenvalue weighted by molar-refractivity contribution is 9.10. The van der Waals surface area contributed by atoms with Gasteiger partial charge in [0.2, 0.25) is 10.0 Å². The first-order valence-electron chi connectivity index (χ1n) is 6.56. The Morgan fingerprint density at radius 1 is 1.14 bits per heavy atom. The maximum atomic E-state index is 12.5. The minimum absolute atomic E-state index is 0.161. The molecule has 1 heterocycles. The summed E-state index contributed by atoms with van der Waals surface area (Å²) in [6.07, 6.45) is 0.801. The number of thioether (sulfide) groups is 1. The molecule has 2 aromatic carbocycles. The van der Waals surface area contributed by atoms with Crippen LogP contribution in [0.2, 0.25) is 0 Å². The lowest BCUT2D eigenvalue weighted by Crippen LogP contribution is -2.30. The summed E-state index contributed by atoms with van der Waals surface area (Å²) >= 11 is 5.08. The highest BCUT2D eigenvalue weighted by atomic mass is 79.9. The first-order valence-corrected chi connectivity index (χ1v) is 9.82. The molecule has 3 nitrogen and oxygen atoms in total. The van der Waals surface area contributed by atoms with Gasteiger partial charge in [0.15, 0.2) is 0 Å². The fourth-order valence-electron chi connectivity index (χ4n) is 2.35. The predicted octanol–water partition coefficient (Wildman–Crippen LogP) is 3.96. The van der Waals surface area contributed by atoms with Gasteiger partial charge in [-0.25, -0.2) is 13.1 Å². The molecule has 1 N–H and O–H groups in total. The largest absolute Gasteiger partial charge is 0.241 e. The van der Waals surface area contributed by atoms with Crippen LogP contribution in [0.1, 0.15) is 18.0 Å². The van der Waals surface area contributed by atoms with Gasteiger partial charge in [0.1, 0.15) is 0 Å². The van der Waals surface area contributed by atoms with Crippen LogP contribution in [0.3, 0.4) is 0 Å². The SMILES string of the molecule is O=S(=O)(N[C@H]1CCSc2ccccc21)c1cccc(Br)c1. The van der Waals surface area contributed by atoms with Crippen LogP contribution in [0.15, 0.2) is 62.8 Å². The van der Waals surface area contributed by atoms with Crippen molar-refractivity contribution < 1.29 is 8.42 Å².